The topological polar surface area (TPSA) is 85.3 Å². The predicted molar refractivity (Wildman–Crippen MR) is 125 cm³/mol. The second-order valence-corrected chi connectivity index (χ2v) is 7.97. The third-order valence-corrected chi connectivity index (χ3v) is 5.35. The van der Waals surface area contributed by atoms with Gasteiger partial charge in [0, 0.05) is 30.6 Å². The molecule has 0 fully saturated rings. The lowest BCUT2D eigenvalue weighted by Gasteiger charge is -2.06. The maximum atomic E-state index is 12.5. The van der Waals surface area contributed by atoms with Crippen LogP contribution in [0.5, 0.6) is 0 Å². The first kappa shape index (κ1) is 25.0. The van der Waals surface area contributed by atoms with Gasteiger partial charge in [-0.05, 0) is 49.1 Å². The first-order chi connectivity index (χ1) is 16.0. The van der Waals surface area contributed by atoms with Crippen molar-refractivity contribution < 1.29 is 22.4 Å². The summed E-state index contributed by atoms with van der Waals surface area (Å²) in [6.07, 6.45) is 1.08. The fraction of sp³-hybridized carbons (Fsp3) is 0.174. The lowest BCUT2D eigenvalue weighted by Crippen LogP contribution is -2.05. The minimum Gasteiger partial charge on any atom is -0.382 e. The highest BCUT2D eigenvalue weighted by atomic mass is 32.2. The van der Waals surface area contributed by atoms with Gasteiger partial charge in [-0.15, -0.1) is 0 Å². The smallest absolute Gasteiger partial charge is 0.382 e. The number of nitrogen functional groups attached to an aromatic ring is 1. The Hall–Kier alpha value is -3.60. The van der Waals surface area contributed by atoms with Crippen LogP contribution in [-0.2, 0) is 11.0 Å². The summed E-state index contributed by atoms with van der Waals surface area (Å²) in [5, 5.41) is 3.59. The average Bonchev–Trinajstić information content (AvgIpc) is 3.16. The van der Waals surface area contributed by atoms with E-state index >= 15 is 0 Å². The molecule has 0 aliphatic heterocycles. The summed E-state index contributed by atoms with van der Waals surface area (Å²) in [6.45, 7) is 2.78. The zero-order chi connectivity index (χ0) is 25.0. The second-order valence-electron chi connectivity index (χ2n) is 7.20. The number of imidazole rings is 1. The molecular formula is C23H21F4N5OS. The molecule has 4 rings (SSSR count). The van der Waals surface area contributed by atoms with Crippen LogP contribution in [-0.4, -0.2) is 26.5 Å². The first-order valence-corrected chi connectivity index (χ1v) is 11.1. The molecule has 4 aromatic rings. The van der Waals surface area contributed by atoms with E-state index in [1.807, 2.05) is 41.1 Å². The van der Waals surface area contributed by atoms with E-state index in [2.05, 4.69) is 15.3 Å². The van der Waals surface area contributed by atoms with Crippen molar-refractivity contribution >= 4 is 34.7 Å². The Bertz CT molecular complexity index is 1320. The van der Waals surface area contributed by atoms with Crippen molar-refractivity contribution in [1.29, 1.82) is 0 Å². The quantitative estimate of drug-likeness (QED) is 0.279. The Labute approximate surface area is 197 Å². The van der Waals surface area contributed by atoms with Gasteiger partial charge >= 0.3 is 6.18 Å². The van der Waals surface area contributed by atoms with E-state index in [-0.39, 0.29) is 11.5 Å². The van der Waals surface area contributed by atoms with Crippen LogP contribution in [0, 0.1) is 12.7 Å². The standard InChI is InChI=1S/C15H15N5OS.C8H6F4/c1-9(21)18-11-5-3-10(4-6-11)12-13-14(16)17-7-8-20(13)15(19-12)22-2;1-5-4-6(8(10,11)12)2-3-7(5)9/h3-8H,1-2H3,(H2,16,17)(H,18,21);2-4H,1H3. The van der Waals surface area contributed by atoms with Crippen LogP contribution in [0.1, 0.15) is 18.1 Å². The zero-order valence-electron chi connectivity index (χ0n) is 18.4. The number of carbonyl (C=O) groups is 1. The van der Waals surface area contributed by atoms with Gasteiger partial charge < -0.3 is 11.1 Å². The van der Waals surface area contributed by atoms with Gasteiger partial charge in [0.1, 0.15) is 22.8 Å². The molecule has 2 aromatic heterocycles. The number of nitrogens with two attached hydrogens (primary N) is 1. The summed E-state index contributed by atoms with van der Waals surface area (Å²) >= 11 is 1.55. The van der Waals surface area contributed by atoms with E-state index in [4.69, 9.17) is 5.73 Å². The molecule has 0 aliphatic rings. The lowest BCUT2D eigenvalue weighted by atomic mass is 10.1. The molecule has 2 heterocycles. The summed E-state index contributed by atoms with van der Waals surface area (Å²) in [5.74, 6) is -0.280. The lowest BCUT2D eigenvalue weighted by molar-refractivity contribution is -0.137. The normalized spacial score (nSPS) is 11.1. The van der Waals surface area contributed by atoms with Crippen molar-refractivity contribution in [2.24, 2.45) is 0 Å². The minimum atomic E-state index is -4.39. The Balaban J connectivity index is 0.000000229. The molecule has 0 spiro atoms. The zero-order valence-corrected chi connectivity index (χ0v) is 19.3. The highest BCUT2D eigenvalue weighted by Gasteiger charge is 2.30. The van der Waals surface area contributed by atoms with Gasteiger partial charge in [0.15, 0.2) is 5.16 Å². The predicted octanol–water partition coefficient (Wildman–Crippen LogP) is 5.81. The summed E-state index contributed by atoms with van der Waals surface area (Å²) in [4.78, 5) is 19.9. The number of halogens is 4. The number of aryl methyl sites for hydroxylation is 1. The van der Waals surface area contributed by atoms with Gasteiger partial charge in [-0.3, -0.25) is 9.20 Å². The first-order valence-electron chi connectivity index (χ1n) is 9.89. The molecule has 2 aromatic carbocycles. The molecule has 0 unspecified atom stereocenters. The fourth-order valence-corrected chi connectivity index (χ4v) is 3.65. The van der Waals surface area contributed by atoms with Crippen LogP contribution >= 0.6 is 11.8 Å². The average molecular weight is 492 g/mol. The van der Waals surface area contributed by atoms with Crippen LogP contribution in [0.25, 0.3) is 16.8 Å². The molecule has 0 saturated heterocycles. The Kier molecular flexibility index (Phi) is 7.45. The molecule has 178 valence electrons. The van der Waals surface area contributed by atoms with Gasteiger partial charge in [0.05, 0.1) is 5.56 Å². The van der Waals surface area contributed by atoms with E-state index < -0.39 is 17.6 Å². The number of alkyl halides is 3. The second kappa shape index (κ2) is 10.1. The van der Waals surface area contributed by atoms with E-state index in [1.165, 1.54) is 13.8 Å². The number of amides is 1. The summed E-state index contributed by atoms with van der Waals surface area (Å²) in [6, 6.07) is 9.82. The van der Waals surface area contributed by atoms with Crippen LogP contribution < -0.4 is 11.1 Å². The molecule has 0 radical (unpaired) electrons. The molecule has 34 heavy (non-hydrogen) atoms. The Morgan fingerprint density at radius 3 is 2.38 bits per heavy atom. The molecule has 6 nitrogen and oxygen atoms in total. The molecule has 1 amide bonds. The van der Waals surface area contributed by atoms with Crippen LogP contribution in [0.4, 0.5) is 29.1 Å². The van der Waals surface area contributed by atoms with Crippen molar-refractivity contribution in [2.45, 2.75) is 25.2 Å². The van der Waals surface area contributed by atoms with Gasteiger partial charge in [-0.2, -0.15) is 13.2 Å². The van der Waals surface area contributed by atoms with Crippen molar-refractivity contribution in [3.63, 3.8) is 0 Å². The minimum absolute atomic E-state index is 0.00447. The van der Waals surface area contributed by atoms with Crippen LogP contribution in [0.3, 0.4) is 0 Å². The number of benzene rings is 2. The van der Waals surface area contributed by atoms with E-state index in [9.17, 15) is 22.4 Å². The maximum absolute atomic E-state index is 12.5. The van der Waals surface area contributed by atoms with E-state index in [0.717, 1.165) is 45.8 Å². The molecule has 0 atom stereocenters. The number of hydrogen-bond donors (Lipinski definition) is 2. The Morgan fingerprint density at radius 1 is 1.15 bits per heavy atom. The van der Waals surface area contributed by atoms with E-state index in [0.29, 0.717) is 5.82 Å². The molecule has 0 saturated carbocycles. The van der Waals surface area contributed by atoms with E-state index in [1.54, 1.807) is 18.0 Å². The molecule has 0 bridgehead atoms. The van der Waals surface area contributed by atoms with Gasteiger partial charge in [-0.1, -0.05) is 23.9 Å². The number of aromatic nitrogens is 3. The number of nitrogens with zero attached hydrogens (tertiary/aromatic N) is 3. The highest BCUT2D eigenvalue weighted by Crippen LogP contribution is 2.32. The molecule has 11 heteroatoms. The third-order valence-electron chi connectivity index (χ3n) is 4.70. The maximum Gasteiger partial charge on any atom is 0.416 e. The Morgan fingerprint density at radius 2 is 1.82 bits per heavy atom. The number of fused-ring (bicyclic) bond motifs is 1. The van der Waals surface area contributed by atoms with Crippen molar-refractivity contribution in [2.75, 3.05) is 17.3 Å². The van der Waals surface area contributed by atoms with Gasteiger partial charge in [0.25, 0.3) is 0 Å². The number of hydrogen-bond acceptors (Lipinski definition) is 5. The fourth-order valence-electron chi connectivity index (χ4n) is 3.12. The largest absolute Gasteiger partial charge is 0.416 e. The summed E-state index contributed by atoms with van der Waals surface area (Å²) in [7, 11) is 0. The van der Waals surface area contributed by atoms with Crippen molar-refractivity contribution in [3.8, 4) is 11.3 Å². The number of carbonyl (C=O) groups excluding carboxylic acids is 1. The number of thioether (sulfide) groups is 1. The number of rotatable bonds is 3. The molecular weight excluding hydrogens is 470 g/mol. The summed E-state index contributed by atoms with van der Waals surface area (Å²) in [5.41, 5.74) is 8.45. The van der Waals surface area contributed by atoms with Gasteiger partial charge in [-0.25, -0.2) is 14.4 Å². The molecule has 0 aliphatic carbocycles. The summed E-state index contributed by atoms with van der Waals surface area (Å²) < 4.78 is 50.4. The third kappa shape index (κ3) is 5.66. The molecule has 3 N–H and O–H groups in total. The van der Waals surface area contributed by atoms with Crippen LogP contribution in [0.15, 0.2) is 60.0 Å². The van der Waals surface area contributed by atoms with Gasteiger partial charge in [0.2, 0.25) is 5.91 Å². The monoisotopic (exact) mass is 491 g/mol. The van der Waals surface area contributed by atoms with Crippen molar-refractivity contribution in [1.82, 2.24) is 14.4 Å². The number of nitrogens with one attached hydrogen (secondary N) is 1. The highest BCUT2D eigenvalue weighted by molar-refractivity contribution is 7.98. The van der Waals surface area contributed by atoms with Crippen molar-refractivity contribution in [3.05, 3.63) is 71.8 Å². The SMILES string of the molecule is CSc1nc(-c2ccc(NC(C)=O)cc2)c2c(N)nccn12.Cc1cc(C(F)(F)F)ccc1F. The number of anilines is 2. The van der Waals surface area contributed by atoms with Crippen LogP contribution in [0.2, 0.25) is 0 Å².